The Hall–Kier alpha value is -3.78. The minimum absolute atomic E-state index is 0.0660. The van der Waals surface area contributed by atoms with Gasteiger partial charge in [-0.25, -0.2) is 9.34 Å². The second-order valence-corrected chi connectivity index (χ2v) is 18.4. The quantitative estimate of drug-likeness (QED) is 0.190. The summed E-state index contributed by atoms with van der Waals surface area (Å²) in [6.07, 6.45) is 17.1. The van der Waals surface area contributed by atoms with Gasteiger partial charge in [0.2, 0.25) is 0 Å². The van der Waals surface area contributed by atoms with Crippen molar-refractivity contribution in [2.45, 2.75) is 23.4 Å². The molecule has 8 atom stereocenters. The third-order valence-corrected chi connectivity index (χ3v) is 17.5. The summed E-state index contributed by atoms with van der Waals surface area (Å²) in [7, 11) is -6.26. The average molecular weight is 641 g/mol. The lowest BCUT2D eigenvalue weighted by Crippen LogP contribution is -2.36. The van der Waals surface area contributed by atoms with Gasteiger partial charge in [0.15, 0.2) is 14.6 Å². The Morgan fingerprint density at radius 2 is 0.761 bits per heavy atom. The summed E-state index contributed by atoms with van der Waals surface area (Å²) in [4.78, 5) is 0. The maximum Gasteiger partial charge on any atom is 0.186 e. The van der Waals surface area contributed by atoms with E-state index in [1.807, 2.05) is 72.8 Å². The van der Waals surface area contributed by atoms with E-state index in [4.69, 9.17) is 0 Å². The van der Waals surface area contributed by atoms with Crippen molar-refractivity contribution in [3.63, 3.8) is 0 Å². The first-order valence-corrected chi connectivity index (χ1v) is 19.7. The van der Waals surface area contributed by atoms with Gasteiger partial charge in [0, 0.05) is 47.6 Å². The first kappa shape index (κ1) is 29.6. The van der Waals surface area contributed by atoms with Crippen molar-refractivity contribution in [3.8, 4) is 0 Å². The van der Waals surface area contributed by atoms with Crippen LogP contribution in [0.15, 0.2) is 170 Å². The Morgan fingerprint density at radius 3 is 1.13 bits per heavy atom. The highest BCUT2D eigenvalue weighted by Gasteiger charge is 2.59. The van der Waals surface area contributed by atoms with Crippen LogP contribution in [0.2, 0.25) is 0 Å². The molecule has 0 aromatic heterocycles. The second-order valence-electron chi connectivity index (χ2n) is 12.6. The molecule has 2 aliphatic heterocycles. The van der Waals surface area contributed by atoms with E-state index in [0.29, 0.717) is 13.1 Å². The Morgan fingerprint density at radius 1 is 0.435 bits per heavy atom. The molecule has 0 spiro atoms. The molecule has 2 saturated heterocycles. The highest BCUT2D eigenvalue weighted by atomic mass is 31.2. The van der Waals surface area contributed by atoms with E-state index in [2.05, 4.69) is 106 Å². The van der Waals surface area contributed by atoms with Gasteiger partial charge in [-0.3, -0.25) is 0 Å². The fourth-order valence-corrected chi connectivity index (χ4v) is 15.8. The standard InChI is InChI=1S/C40H38N2O2P2/c43-45(33-21-9-3-10-22-33)37-27-15-13-25-35(37)39(31-17-5-1-6-18-31)41(45)29-30-42-40(32-19-7-2-8-20-32)36-26-14-16-28-38(36)46(42,44)34-23-11-4-12-24-34/h1-28,35-40H,29-30H2/t35-,36-,37+,38+,39+,40+,45+,46+/m0/s1. The third-order valence-electron chi connectivity index (χ3n) is 10.3. The van der Waals surface area contributed by atoms with Gasteiger partial charge in [-0.15, -0.1) is 0 Å². The highest BCUT2D eigenvalue weighted by molar-refractivity contribution is 7.71. The molecular weight excluding hydrogens is 602 g/mol. The first-order valence-electron chi connectivity index (χ1n) is 16.3. The predicted molar refractivity (Wildman–Crippen MR) is 190 cm³/mol. The molecule has 2 heterocycles. The van der Waals surface area contributed by atoms with E-state index >= 15 is 9.13 Å². The minimum Gasteiger partial charge on any atom is -0.301 e. The summed E-state index contributed by atoms with van der Waals surface area (Å²) in [6.45, 7) is 1.04. The van der Waals surface area contributed by atoms with E-state index in [1.165, 1.54) is 0 Å². The van der Waals surface area contributed by atoms with Crippen LogP contribution in [0.25, 0.3) is 0 Å². The van der Waals surface area contributed by atoms with E-state index in [0.717, 1.165) is 21.7 Å². The van der Waals surface area contributed by atoms with Gasteiger partial charge in [0.05, 0.1) is 11.3 Å². The fourth-order valence-electron chi connectivity index (χ4n) is 8.41. The van der Waals surface area contributed by atoms with Crippen molar-refractivity contribution in [1.29, 1.82) is 0 Å². The van der Waals surface area contributed by atoms with Crippen molar-refractivity contribution in [1.82, 2.24) is 9.34 Å². The van der Waals surface area contributed by atoms with Crippen molar-refractivity contribution in [3.05, 3.63) is 181 Å². The SMILES string of the molecule is O=[P@]1(c2ccccc2)[C@@H]2C=CC=C[C@@H]2[C@@H](c2ccccc2)N1CCN1[C@H](c2ccccc2)[C@H]2C=CC=C[C@H]2[P@]1(=O)c1ccccc1. The van der Waals surface area contributed by atoms with Gasteiger partial charge in [-0.2, -0.15) is 0 Å². The van der Waals surface area contributed by atoms with Crippen LogP contribution >= 0.6 is 14.6 Å². The molecule has 0 bridgehead atoms. The normalized spacial score (nSPS) is 33.2. The Bertz CT molecular complexity index is 1770. The lowest BCUT2D eigenvalue weighted by atomic mass is 9.87. The molecule has 4 aromatic carbocycles. The van der Waals surface area contributed by atoms with E-state index in [-0.39, 0.29) is 35.2 Å². The number of nitrogens with zero attached hydrogens (tertiary/aromatic N) is 2. The number of fused-ring (bicyclic) bond motifs is 2. The molecule has 2 fully saturated rings. The van der Waals surface area contributed by atoms with Crippen molar-refractivity contribution >= 4 is 25.2 Å². The maximum atomic E-state index is 15.9. The molecule has 4 nitrogen and oxygen atoms in total. The fraction of sp³-hybridized carbons (Fsp3) is 0.200. The molecule has 2 aliphatic carbocycles. The van der Waals surface area contributed by atoms with E-state index in [9.17, 15) is 0 Å². The van der Waals surface area contributed by atoms with Crippen LogP contribution in [-0.2, 0) is 9.13 Å². The number of hydrogen-bond donors (Lipinski definition) is 0. The van der Waals surface area contributed by atoms with Crippen LogP contribution in [0.1, 0.15) is 23.2 Å². The molecule has 0 radical (unpaired) electrons. The second kappa shape index (κ2) is 12.1. The third kappa shape index (κ3) is 4.66. The Labute approximate surface area is 272 Å². The van der Waals surface area contributed by atoms with Crippen molar-refractivity contribution < 1.29 is 9.13 Å². The molecule has 46 heavy (non-hydrogen) atoms. The van der Waals surface area contributed by atoms with Gasteiger partial charge in [0.25, 0.3) is 0 Å². The number of benzene rings is 4. The summed E-state index contributed by atoms with van der Waals surface area (Å²) in [5.74, 6) is 0.132. The van der Waals surface area contributed by atoms with E-state index < -0.39 is 14.6 Å². The lowest BCUT2D eigenvalue weighted by Gasteiger charge is -2.37. The van der Waals surface area contributed by atoms with Gasteiger partial charge >= 0.3 is 0 Å². The molecule has 4 aromatic rings. The van der Waals surface area contributed by atoms with Crippen molar-refractivity contribution in [2.24, 2.45) is 11.8 Å². The zero-order chi connectivity index (χ0) is 31.1. The summed E-state index contributed by atoms with van der Waals surface area (Å²) in [5.41, 5.74) is 2.06. The Balaban J connectivity index is 1.27. The van der Waals surface area contributed by atoms with Crippen LogP contribution in [0.4, 0.5) is 0 Å². The monoisotopic (exact) mass is 640 g/mol. The van der Waals surface area contributed by atoms with Gasteiger partial charge in [-0.05, 0) is 11.1 Å². The van der Waals surface area contributed by atoms with Gasteiger partial charge in [-0.1, -0.05) is 170 Å². The van der Waals surface area contributed by atoms with Gasteiger partial charge < -0.3 is 9.13 Å². The van der Waals surface area contributed by atoms with Crippen LogP contribution in [0.3, 0.4) is 0 Å². The van der Waals surface area contributed by atoms with Crippen LogP contribution in [0.5, 0.6) is 0 Å². The maximum absolute atomic E-state index is 15.9. The zero-order valence-electron chi connectivity index (χ0n) is 25.6. The molecule has 4 aliphatic rings. The minimum atomic E-state index is -3.13. The summed E-state index contributed by atoms with van der Waals surface area (Å²) in [5, 5.41) is 1.77. The molecule has 6 heteroatoms. The number of rotatable bonds is 7. The predicted octanol–water partition coefficient (Wildman–Crippen LogP) is 8.53. The molecule has 0 unspecified atom stereocenters. The molecule has 0 amide bonds. The molecule has 0 N–H and O–H groups in total. The highest BCUT2D eigenvalue weighted by Crippen LogP contribution is 2.71. The average Bonchev–Trinajstić information content (AvgIpc) is 3.55. The molecular formula is C40H38N2O2P2. The smallest absolute Gasteiger partial charge is 0.186 e. The van der Waals surface area contributed by atoms with Crippen LogP contribution < -0.4 is 10.6 Å². The summed E-state index contributed by atoms with van der Waals surface area (Å²) >= 11 is 0. The van der Waals surface area contributed by atoms with Crippen molar-refractivity contribution in [2.75, 3.05) is 13.1 Å². The van der Waals surface area contributed by atoms with Crippen LogP contribution in [-0.4, -0.2) is 33.7 Å². The number of hydrogen-bond acceptors (Lipinski definition) is 2. The topological polar surface area (TPSA) is 40.6 Å². The van der Waals surface area contributed by atoms with Crippen LogP contribution in [0, 0.1) is 11.8 Å². The molecule has 230 valence electrons. The summed E-state index contributed by atoms with van der Waals surface area (Å²) < 4.78 is 36.3. The number of allylic oxidation sites excluding steroid dienone is 6. The molecule has 0 saturated carbocycles. The van der Waals surface area contributed by atoms with E-state index in [1.54, 1.807) is 0 Å². The molecule has 8 rings (SSSR count). The first-order chi connectivity index (χ1) is 22.6. The zero-order valence-corrected chi connectivity index (χ0v) is 27.4. The summed E-state index contributed by atoms with van der Waals surface area (Å²) in [6, 6.07) is 41.0. The largest absolute Gasteiger partial charge is 0.301 e. The Kier molecular flexibility index (Phi) is 7.79. The van der Waals surface area contributed by atoms with Gasteiger partial charge in [0.1, 0.15) is 0 Å². The lowest BCUT2D eigenvalue weighted by molar-refractivity contribution is 0.254.